The van der Waals surface area contributed by atoms with E-state index in [2.05, 4.69) is 5.10 Å². The fraction of sp³-hybridized carbons (Fsp3) is 0.375. The molecule has 0 atom stereocenters. The average Bonchev–Trinajstić information content (AvgIpc) is 2.83. The van der Waals surface area contributed by atoms with Crippen LogP contribution in [0.5, 0.6) is 0 Å². The van der Waals surface area contributed by atoms with Gasteiger partial charge in [-0.25, -0.2) is 4.68 Å². The lowest BCUT2D eigenvalue weighted by atomic mass is 10.1. The Hall–Kier alpha value is -1.85. The molecule has 1 amide bonds. The molecule has 3 rings (SSSR count). The van der Waals surface area contributed by atoms with Crippen molar-refractivity contribution in [2.45, 2.75) is 13.8 Å². The van der Waals surface area contributed by atoms with Gasteiger partial charge in [-0.15, -0.1) is 0 Å². The first-order valence-corrected chi connectivity index (χ1v) is 7.65. The molecule has 0 spiro atoms. The smallest absolute Gasteiger partial charge is 0.254 e. The highest BCUT2D eigenvalue weighted by molar-refractivity contribution is 6.31. The number of aromatic nitrogens is 2. The third-order valence-electron chi connectivity index (χ3n) is 3.86. The van der Waals surface area contributed by atoms with E-state index in [1.807, 2.05) is 43.0 Å². The third kappa shape index (κ3) is 2.74. The lowest BCUT2D eigenvalue weighted by Gasteiger charge is -2.26. The van der Waals surface area contributed by atoms with Crippen molar-refractivity contribution in [2.75, 3.05) is 26.3 Å². The van der Waals surface area contributed by atoms with Gasteiger partial charge in [-0.1, -0.05) is 11.6 Å². The molecule has 1 fully saturated rings. The molecule has 1 aromatic heterocycles. The molecule has 5 nitrogen and oxygen atoms in total. The van der Waals surface area contributed by atoms with E-state index in [1.165, 1.54) is 0 Å². The number of halogens is 1. The number of ether oxygens (including phenoxy) is 1. The van der Waals surface area contributed by atoms with E-state index in [-0.39, 0.29) is 5.91 Å². The minimum absolute atomic E-state index is 0.0428. The summed E-state index contributed by atoms with van der Waals surface area (Å²) in [6.45, 7) is 6.31. The van der Waals surface area contributed by atoms with Gasteiger partial charge < -0.3 is 9.64 Å². The summed E-state index contributed by atoms with van der Waals surface area (Å²) in [4.78, 5) is 14.2. The van der Waals surface area contributed by atoms with E-state index >= 15 is 0 Å². The normalized spacial score (nSPS) is 15.1. The highest BCUT2D eigenvalue weighted by Crippen LogP contribution is 2.22. The molecule has 1 aliphatic rings. The number of hydrogen-bond acceptors (Lipinski definition) is 3. The number of hydrogen-bond donors (Lipinski definition) is 0. The fourth-order valence-corrected chi connectivity index (χ4v) is 2.69. The average molecular weight is 320 g/mol. The maximum absolute atomic E-state index is 12.4. The zero-order valence-electron chi connectivity index (χ0n) is 12.7. The number of aryl methyl sites for hydroxylation is 1. The summed E-state index contributed by atoms with van der Waals surface area (Å²) in [5.41, 5.74) is 3.27. The van der Waals surface area contributed by atoms with Crippen LogP contribution >= 0.6 is 11.6 Å². The molecular weight excluding hydrogens is 302 g/mol. The summed E-state index contributed by atoms with van der Waals surface area (Å²) in [7, 11) is 0. The van der Waals surface area contributed by atoms with Crippen LogP contribution in [0.1, 0.15) is 21.7 Å². The van der Waals surface area contributed by atoms with Crippen LogP contribution in [0.15, 0.2) is 24.3 Å². The second kappa shape index (κ2) is 6.10. The summed E-state index contributed by atoms with van der Waals surface area (Å²) in [6, 6.07) is 7.45. The van der Waals surface area contributed by atoms with Crippen molar-refractivity contribution in [1.82, 2.24) is 14.7 Å². The number of rotatable bonds is 2. The standard InChI is InChI=1S/C16H18ClN3O2/c1-11-15(17)12(2)20(18-11)14-5-3-13(4-6-14)16(21)19-7-9-22-10-8-19/h3-6H,7-10H2,1-2H3. The molecular formula is C16H18ClN3O2. The van der Waals surface area contributed by atoms with Gasteiger partial charge in [0, 0.05) is 18.7 Å². The van der Waals surface area contributed by atoms with Crippen LogP contribution in [0, 0.1) is 13.8 Å². The molecule has 116 valence electrons. The first-order valence-electron chi connectivity index (χ1n) is 7.27. The van der Waals surface area contributed by atoms with Crippen molar-refractivity contribution in [1.29, 1.82) is 0 Å². The summed E-state index contributed by atoms with van der Waals surface area (Å²) in [6.07, 6.45) is 0. The van der Waals surface area contributed by atoms with Crippen LogP contribution in [-0.2, 0) is 4.74 Å². The van der Waals surface area contributed by atoms with Gasteiger partial charge in [0.15, 0.2) is 0 Å². The molecule has 1 aliphatic heterocycles. The Morgan fingerprint density at radius 3 is 2.36 bits per heavy atom. The molecule has 22 heavy (non-hydrogen) atoms. The molecule has 1 saturated heterocycles. The number of amides is 1. The van der Waals surface area contributed by atoms with Gasteiger partial charge >= 0.3 is 0 Å². The first kappa shape index (κ1) is 15.1. The summed E-state index contributed by atoms with van der Waals surface area (Å²) in [5.74, 6) is 0.0428. The second-order valence-electron chi connectivity index (χ2n) is 5.35. The maximum Gasteiger partial charge on any atom is 0.254 e. The van der Waals surface area contributed by atoms with Gasteiger partial charge in [0.25, 0.3) is 5.91 Å². The van der Waals surface area contributed by atoms with Gasteiger partial charge in [0.05, 0.1) is 35.3 Å². The van der Waals surface area contributed by atoms with E-state index in [4.69, 9.17) is 16.3 Å². The van der Waals surface area contributed by atoms with Gasteiger partial charge in [-0.05, 0) is 38.1 Å². The molecule has 0 unspecified atom stereocenters. The fourth-order valence-electron chi connectivity index (χ4n) is 2.57. The molecule has 0 bridgehead atoms. The Balaban J connectivity index is 1.83. The van der Waals surface area contributed by atoms with Crippen LogP contribution < -0.4 is 0 Å². The Kier molecular flexibility index (Phi) is 4.18. The van der Waals surface area contributed by atoms with Crippen LogP contribution in [0.25, 0.3) is 5.69 Å². The topological polar surface area (TPSA) is 47.4 Å². The first-order chi connectivity index (χ1) is 10.6. The largest absolute Gasteiger partial charge is 0.378 e. The van der Waals surface area contributed by atoms with Crippen LogP contribution in [0.2, 0.25) is 5.02 Å². The van der Waals surface area contributed by atoms with E-state index in [0.29, 0.717) is 36.9 Å². The molecule has 6 heteroatoms. The van der Waals surface area contributed by atoms with Gasteiger partial charge in [-0.2, -0.15) is 5.10 Å². The summed E-state index contributed by atoms with van der Waals surface area (Å²) >= 11 is 6.18. The van der Waals surface area contributed by atoms with Gasteiger partial charge in [0.1, 0.15) is 0 Å². The number of benzene rings is 1. The van der Waals surface area contributed by atoms with E-state index in [9.17, 15) is 4.79 Å². The molecule has 0 aliphatic carbocycles. The monoisotopic (exact) mass is 319 g/mol. The Morgan fingerprint density at radius 2 is 1.82 bits per heavy atom. The van der Waals surface area contributed by atoms with Gasteiger partial charge in [0.2, 0.25) is 0 Å². The minimum Gasteiger partial charge on any atom is -0.378 e. The third-order valence-corrected chi connectivity index (χ3v) is 4.41. The predicted octanol–water partition coefficient (Wildman–Crippen LogP) is 2.61. The molecule has 0 radical (unpaired) electrons. The SMILES string of the molecule is Cc1nn(-c2ccc(C(=O)N3CCOCC3)cc2)c(C)c1Cl. The lowest BCUT2D eigenvalue weighted by molar-refractivity contribution is 0.0303. The molecule has 2 aromatic rings. The van der Waals surface area contributed by atoms with Crippen molar-refractivity contribution in [2.24, 2.45) is 0 Å². The Labute approximate surface area is 134 Å². The number of nitrogens with zero attached hydrogens (tertiary/aromatic N) is 3. The molecule has 0 saturated carbocycles. The number of morpholine rings is 1. The summed E-state index contributed by atoms with van der Waals surface area (Å²) < 4.78 is 7.06. The van der Waals surface area contributed by atoms with Crippen molar-refractivity contribution < 1.29 is 9.53 Å². The highest BCUT2D eigenvalue weighted by Gasteiger charge is 2.18. The van der Waals surface area contributed by atoms with Crippen LogP contribution in [0.3, 0.4) is 0 Å². The Morgan fingerprint density at radius 1 is 1.18 bits per heavy atom. The number of carbonyl (C=O) groups excluding carboxylic acids is 1. The highest BCUT2D eigenvalue weighted by atomic mass is 35.5. The van der Waals surface area contributed by atoms with E-state index in [0.717, 1.165) is 17.1 Å². The van der Waals surface area contributed by atoms with Crippen molar-refractivity contribution >= 4 is 17.5 Å². The zero-order chi connectivity index (χ0) is 15.7. The Bertz CT molecular complexity index is 688. The van der Waals surface area contributed by atoms with Crippen LogP contribution in [0.4, 0.5) is 0 Å². The van der Waals surface area contributed by atoms with Crippen molar-refractivity contribution in [3.8, 4) is 5.69 Å². The molecule has 0 N–H and O–H groups in total. The van der Waals surface area contributed by atoms with Crippen molar-refractivity contribution in [3.05, 3.63) is 46.2 Å². The van der Waals surface area contributed by atoms with Gasteiger partial charge in [-0.3, -0.25) is 4.79 Å². The quantitative estimate of drug-likeness (QED) is 0.855. The predicted molar refractivity (Wildman–Crippen MR) is 84.8 cm³/mol. The summed E-state index contributed by atoms with van der Waals surface area (Å²) in [5, 5.41) is 5.09. The second-order valence-corrected chi connectivity index (χ2v) is 5.73. The van der Waals surface area contributed by atoms with Crippen molar-refractivity contribution in [3.63, 3.8) is 0 Å². The number of carbonyl (C=O) groups is 1. The lowest BCUT2D eigenvalue weighted by Crippen LogP contribution is -2.40. The zero-order valence-corrected chi connectivity index (χ0v) is 13.4. The van der Waals surface area contributed by atoms with Crippen LogP contribution in [-0.4, -0.2) is 46.9 Å². The van der Waals surface area contributed by atoms with E-state index in [1.54, 1.807) is 4.68 Å². The molecule has 1 aromatic carbocycles. The maximum atomic E-state index is 12.4. The minimum atomic E-state index is 0.0428. The molecule has 2 heterocycles. The van der Waals surface area contributed by atoms with E-state index < -0.39 is 0 Å².